The lowest BCUT2D eigenvalue weighted by molar-refractivity contribution is 0.216. The Bertz CT molecular complexity index is 1600. The minimum absolute atomic E-state index is 0.0530. The van der Waals surface area contributed by atoms with E-state index in [0.717, 1.165) is 24.8 Å². The number of nitrogens with one attached hydrogen (secondary N) is 1. The third-order valence-corrected chi connectivity index (χ3v) is 9.89. The summed E-state index contributed by atoms with van der Waals surface area (Å²) in [5.41, 5.74) is 1.87. The molecule has 43 heavy (non-hydrogen) atoms. The molecule has 0 saturated carbocycles. The summed E-state index contributed by atoms with van der Waals surface area (Å²) in [7, 11) is -1.28. The lowest BCUT2D eigenvalue weighted by Crippen LogP contribution is -2.48. The molecule has 0 atom stereocenters. The number of likely N-dealkylation sites (tertiary alicyclic amines) is 1. The molecule has 0 bridgehead atoms. The van der Waals surface area contributed by atoms with Gasteiger partial charge in [0.25, 0.3) is 10.0 Å². The molecular weight excluding hydrogens is 594 g/mol. The maximum absolute atomic E-state index is 14.2. The quantitative estimate of drug-likeness (QED) is 0.298. The zero-order valence-electron chi connectivity index (χ0n) is 25.1. The molecule has 234 valence electrons. The number of hydrogen-bond donors (Lipinski definition) is 1. The van der Waals surface area contributed by atoms with Gasteiger partial charge in [0.2, 0.25) is 10.0 Å². The largest absolute Gasteiger partial charge is 0.493 e. The van der Waals surface area contributed by atoms with Crippen molar-refractivity contribution in [2.24, 2.45) is 0 Å². The molecule has 0 amide bonds. The molecule has 0 aliphatic carbocycles. The molecule has 1 N–H and O–H groups in total. The highest BCUT2D eigenvalue weighted by Gasteiger charge is 2.34. The molecule has 0 aromatic heterocycles. The van der Waals surface area contributed by atoms with Crippen molar-refractivity contribution in [3.05, 3.63) is 66.2 Å². The van der Waals surface area contributed by atoms with Crippen LogP contribution in [0.1, 0.15) is 18.4 Å². The van der Waals surface area contributed by atoms with E-state index in [4.69, 9.17) is 18.9 Å². The minimum Gasteiger partial charge on any atom is -0.493 e. The Morgan fingerprint density at radius 1 is 0.767 bits per heavy atom. The zero-order valence-corrected chi connectivity index (χ0v) is 26.7. The Balaban J connectivity index is 1.56. The summed E-state index contributed by atoms with van der Waals surface area (Å²) in [5, 5.41) is 0. The SMILES string of the molecule is COc1ccc(CCN2CCC(N(c3ccc(OC)c(OC)c3)S(=O)(=O)c3ccc(NS(C)(=O)=O)cc3)CC2)cc1OC. The van der Waals surface area contributed by atoms with Crippen molar-refractivity contribution in [3.63, 3.8) is 0 Å². The number of anilines is 2. The fourth-order valence-electron chi connectivity index (χ4n) is 5.23. The molecule has 11 nitrogen and oxygen atoms in total. The molecular formula is C30H39N3O8S2. The van der Waals surface area contributed by atoms with Crippen LogP contribution >= 0.6 is 0 Å². The first-order valence-electron chi connectivity index (χ1n) is 13.8. The Morgan fingerprint density at radius 3 is 1.88 bits per heavy atom. The maximum atomic E-state index is 14.2. The highest BCUT2D eigenvalue weighted by molar-refractivity contribution is 7.93. The molecule has 1 saturated heterocycles. The molecule has 0 unspecified atom stereocenters. The van der Waals surface area contributed by atoms with Gasteiger partial charge in [-0.1, -0.05) is 6.07 Å². The highest BCUT2D eigenvalue weighted by Crippen LogP contribution is 2.37. The molecule has 3 aromatic carbocycles. The van der Waals surface area contributed by atoms with Crippen LogP contribution < -0.4 is 28.0 Å². The molecule has 1 aliphatic rings. The van der Waals surface area contributed by atoms with Crippen molar-refractivity contribution in [1.29, 1.82) is 0 Å². The normalized spacial score (nSPS) is 14.6. The number of benzene rings is 3. The molecule has 4 rings (SSSR count). The Kier molecular flexibility index (Phi) is 10.3. The van der Waals surface area contributed by atoms with Gasteiger partial charge in [-0.15, -0.1) is 0 Å². The minimum atomic E-state index is -4.03. The number of sulfonamides is 2. The predicted octanol–water partition coefficient (Wildman–Crippen LogP) is 3.99. The predicted molar refractivity (Wildman–Crippen MR) is 167 cm³/mol. The summed E-state index contributed by atoms with van der Waals surface area (Å²) < 4.78 is 77.0. The van der Waals surface area contributed by atoms with Crippen LogP contribution in [0.15, 0.2) is 65.6 Å². The Labute approximate surface area is 254 Å². The lowest BCUT2D eigenvalue weighted by Gasteiger charge is -2.39. The third-order valence-electron chi connectivity index (χ3n) is 7.39. The van der Waals surface area contributed by atoms with Crippen LogP contribution in [0.4, 0.5) is 11.4 Å². The first-order chi connectivity index (χ1) is 20.5. The second kappa shape index (κ2) is 13.7. The van der Waals surface area contributed by atoms with Crippen LogP contribution in [0.2, 0.25) is 0 Å². The van der Waals surface area contributed by atoms with Gasteiger partial charge in [-0.05, 0) is 73.4 Å². The van der Waals surface area contributed by atoms with Gasteiger partial charge in [-0.3, -0.25) is 9.03 Å². The monoisotopic (exact) mass is 633 g/mol. The van der Waals surface area contributed by atoms with Crippen LogP contribution in [-0.2, 0) is 26.5 Å². The standard InChI is InChI=1S/C30H39N3O8S2/c1-38-27-12-6-22(20-29(27)40-3)14-17-32-18-15-24(16-19-32)33(25-9-13-28(39-2)30(21-25)41-4)43(36,37)26-10-7-23(8-11-26)31-42(5,34)35/h6-13,20-21,24,31H,14-19H2,1-5H3. The van der Waals surface area contributed by atoms with Crippen molar-refractivity contribution >= 4 is 31.4 Å². The smallest absolute Gasteiger partial charge is 0.264 e. The Hall–Kier alpha value is -3.68. The molecule has 0 spiro atoms. The Morgan fingerprint density at radius 2 is 1.33 bits per heavy atom. The van der Waals surface area contributed by atoms with Gasteiger partial charge in [-0.2, -0.15) is 0 Å². The second-order valence-corrected chi connectivity index (χ2v) is 13.8. The summed E-state index contributed by atoms with van der Waals surface area (Å²) in [5.74, 6) is 2.28. The summed E-state index contributed by atoms with van der Waals surface area (Å²) in [4.78, 5) is 2.38. The van der Waals surface area contributed by atoms with Crippen molar-refractivity contribution in [2.45, 2.75) is 30.2 Å². The summed E-state index contributed by atoms with van der Waals surface area (Å²) in [6, 6.07) is 16.4. The number of piperidine rings is 1. The fourth-order valence-corrected chi connectivity index (χ4v) is 7.50. The van der Waals surface area contributed by atoms with Gasteiger partial charge < -0.3 is 23.8 Å². The third kappa shape index (κ3) is 7.84. The van der Waals surface area contributed by atoms with Crippen LogP contribution in [-0.4, -0.2) is 82.1 Å². The van der Waals surface area contributed by atoms with E-state index in [9.17, 15) is 16.8 Å². The second-order valence-electron chi connectivity index (χ2n) is 10.3. The van der Waals surface area contributed by atoms with Gasteiger partial charge in [-0.25, -0.2) is 16.8 Å². The van der Waals surface area contributed by atoms with Gasteiger partial charge in [0, 0.05) is 37.4 Å². The van der Waals surface area contributed by atoms with Crippen molar-refractivity contribution in [2.75, 3.05) is 63.4 Å². The van der Waals surface area contributed by atoms with Crippen LogP contribution in [0.5, 0.6) is 23.0 Å². The highest BCUT2D eigenvalue weighted by atomic mass is 32.2. The van der Waals surface area contributed by atoms with E-state index in [1.54, 1.807) is 32.4 Å². The fraction of sp³-hybridized carbons (Fsp3) is 0.400. The number of ether oxygens (including phenoxy) is 4. The number of rotatable bonds is 13. The van der Waals surface area contributed by atoms with E-state index in [0.29, 0.717) is 54.6 Å². The van der Waals surface area contributed by atoms with Crippen molar-refractivity contribution in [1.82, 2.24) is 4.90 Å². The van der Waals surface area contributed by atoms with Crippen LogP contribution in [0.3, 0.4) is 0 Å². The average Bonchev–Trinajstić information content (AvgIpc) is 2.99. The van der Waals surface area contributed by atoms with Gasteiger partial charge in [0.15, 0.2) is 23.0 Å². The van der Waals surface area contributed by atoms with Gasteiger partial charge >= 0.3 is 0 Å². The molecule has 13 heteroatoms. The lowest BCUT2D eigenvalue weighted by atomic mass is 10.0. The van der Waals surface area contributed by atoms with E-state index in [1.807, 2.05) is 18.2 Å². The summed E-state index contributed by atoms with van der Waals surface area (Å²) in [6.07, 6.45) is 3.09. The van der Waals surface area contributed by atoms with Crippen molar-refractivity contribution < 1.29 is 35.8 Å². The molecule has 0 radical (unpaired) electrons. The van der Waals surface area contributed by atoms with Crippen LogP contribution in [0, 0.1) is 0 Å². The first kappa shape index (κ1) is 32.2. The van der Waals surface area contributed by atoms with Gasteiger partial charge in [0.1, 0.15) is 0 Å². The van der Waals surface area contributed by atoms with E-state index < -0.39 is 20.0 Å². The first-order valence-corrected chi connectivity index (χ1v) is 17.1. The number of methoxy groups -OCH3 is 4. The summed E-state index contributed by atoms with van der Waals surface area (Å²) >= 11 is 0. The van der Waals surface area contributed by atoms with E-state index in [2.05, 4.69) is 9.62 Å². The van der Waals surface area contributed by atoms with Crippen molar-refractivity contribution in [3.8, 4) is 23.0 Å². The van der Waals surface area contributed by atoms with Gasteiger partial charge in [0.05, 0.1) is 45.3 Å². The molecule has 1 heterocycles. The number of hydrogen-bond acceptors (Lipinski definition) is 9. The van der Waals surface area contributed by atoms with E-state index in [-0.39, 0.29) is 16.6 Å². The topological polar surface area (TPSA) is 124 Å². The summed E-state index contributed by atoms with van der Waals surface area (Å²) in [6.45, 7) is 2.25. The van der Waals surface area contributed by atoms with E-state index in [1.165, 1.54) is 42.8 Å². The average molecular weight is 634 g/mol. The maximum Gasteiger partial charge on any atom is 0.264 e. The van der Waals surface area contributed by atoms with Crippen LogP contribution in [0.25, 0.3) is 0 Å². The molecule has 1 aliphatic heterocycles. The van der Waals surface area contributed by atoms with E-state index >= 15 is 0 Å². The zero-order chi connectivity index (χ0) is 31.2. The number of nitrogens with zero attached hydrogens (tertiary/aromatic N) is 2. The molecule has 3 aromatic rings. The molecule has 1 fully saturated rings.